The Morgan fingerprint density at radius 2 is 2.00 bits per heavy atom. The fraction of sp³-hybridized carbons (Fsp3) is 0.571. The molecular formula is C14H21FN2O2S. The average Bonchev–Trinajstić information content (AvgIpc) is 2.82. The first-order valence-electron chi connectivity index (χ1n) is 6.67. The minimum Gasteiger partial charge on any atom is -0.396 e. The first-order valence-corrected chi connectivity index (χ1v) is 8.11. The molecule has 0 saturated carbocycles. The SMILES string of the molecule is CC(C)(C)C1CCN(S(=O)(=O)c2ccc(F)c(N)c2)C1. The quantitative estimate of drug-likeness (QED) is 0.853. The van der Waals surface area contributed by atoms with Gasteiger partial charge >= 0.3 is 0 Å². The molecule has 0 amide bonds. The molecule has 1 fully saturated rings. The molecule has 20 heavy (non-hydrogen) atoms. The molecule has 0 spiro atoms. The van der Waals surface area contributed by atoms with Crippen LogP contribution < -0.4 is 5.73 Å². The number of hydrogen-bond acceptors (Lipinski definition) is 3. The number of benzene rings is 1. The van der Waals surface area contributed by atoms with Gasteiger partial charge in [-0.25, -0.2) is 12.8 Å². The molecule has 2 rings (SSSR count). The lowest BCUT2D eigenvalue weighted by molar-refractivity contribution is 0.252. The summed E-state index contributed by atoms with van der Waals surface area (Å²) in [5.74, 6) is -0.270. The molecule has 0 aliphatic carbocycles. The summed E-state index contributed by atoms with van der Waals surface area (Å²) in [4.78, 5) is 0.0611. The predicted octanol–water partition coefficient (Wildman–Crippen LogP) is 2.46. The summed E-state index contributed by atoms with van der Waals surface area (Å²) < 4.78 is 39.7. The average molecular weight is 300 g/mol. The van der Waals surface area contributed by atoms with Gasteiger partial charge in [-0.15, -0.1) is 0 Å². The van der Waals surface area contributed by atoms with Gasteiger partial charge in [0.2, 0.25) is 10.0 Å². The number of anilines is 1. The van der Waals surface area contributed by atoms with Crippen molar-refractivity contribution < 1.29 is 12.8 Å². The van der Waals surface area contributed by atoms with Crippen LogP contribution in [0.2, 0.25) is 0 Å². The van der Waals surface area contributed by atoms with E-state index in [4.69, 9.17) is 5.73 Å². The van der Waals surface area contributed by atoms with Gasteiger partial charge in [0.15, 0.2) is 0 Å². The lowest BCUT2D eigenvalue weighted by atomic mass is 9.80. The van der Waals surface area contributed by atoms with Crippen molar-refractivity contribution in [1.82, 2.24) is 4.31 Å². The Morgan fingerprint density at radius 1 is 1.35 bits per heavy atom. The van der Waals surface area contributed by atoms with E-state index in [0.717, 1.165) is 12.5 Å². The van der Waals surface area contributed by atoms with Gasteiger partial charge in [0.05, 0.1) is 10.6 Å². The van der Waals surface area contributed by atoms with Crippen LogP contribution in [0.4, 0.5) is 10.1 Å². The molecule has 1 unspecified atom stereocenters. The first kappa shape index (κ1) is 15.3. The van der Waals surface area contributed by atoms with Crippen molar-refractivity contribution in [1.29, 1.82) is 0 Å². The van der Waals surface area contributed by atoms with Gasteiger partial charge < -0.3 is 5.73 Å². The summed E-state index contributed by atoms with van der Waals surface area (Å²) in [6.45, 7) is 7.35. The summed E-state index contributed by atoms with van der Waals surface area (Å²) >= 11 is 0. The van der Waals surface area contributed by atoms with Gasteiger partial charge in [-0.1, -0.05) is 20.8 Å². The van der Waals surface area contributed by atoms with E-state index in [9.17, 15) is 12.8 Å². The van der Waals surface area contributed by atoms with Crippen molar-refractivity contribution in [3.63, 3.8) is 0 Å². The van der Waals surface area contributed by atoms with Crippen LogP contribution in [-0.4, -0.2) is 25.8 Å². The summed E-state index contributed by atoms with van der Waals surface area (Å²) in [6.07, 6.45) is 0.847. The Bertz CT molecular complexity index is 608. The maximum atomic E-state index is 13.1. The molecule has 1 aromatic carbocycles. The lowest BCUT2D eigenvalue weighted by Gasteiger charge is -2.26. The lowest BCUT2D eigenvalue weighted by Crippen LogP contribution is -2.31. The zero-order chi connectivity index (χ0) is 15.1. The van der Waals surface area contributed by atoms with Crippen LogP contribution in [0.5, 0.6) is 0 Å². The molecule has 112 valence electrons. The largest absolute Gasteiger partial charge is 0.396 e. The zero-order valence-electron chi connectivity index (χ0n) is 12.1. The Morgan fingerprint density at radius 3 is 2.50 bits per heavy atom. The van der Waals surface area contributed by atoms with Gasteiger partial charge in [0.1, 0.15) is 5.82 Å². The summed E-state index contributed by atoms with van der Waals surface area (Å²) in [7, 11) is -3.58. The van der Waals surface area contributed by atoms with E-state index < -0.39 is 15.8 Å². The molecule has 1 saturated heterocycles. The van der Waals surface area contributed by atoms with Crippen LogP contribution in [0.3, 0.4) is 0 Å². The smallest absolute Gasteiger partial charge is 0.243 e. The number of sulfonamides is 1. The van der Waals surface area contributed by atoms with E-state index in [2.05, 4.69) is 20.8 Å². The molecule has 4 nitrogen and oxygen atoms in total. The molecule has 1 heterocycles. The van der Waals surface area contributed by atoms with Crippen LogP contribution >= 0.6 is 0 Å². The molecule has 0 bridgehead atoms. The zero-order valence-corrected chi connectivity index (χ0v) is 12.9. The summed E-state index contributed by atoms with van der Waals surface area (Å²) in [5, 5.41) is 0. The third kappa shape index (κ3) is 2.81. The second-order valence-electron chi connectivity index (χ2n) is 6.40. The number of nitrogen functional groups attached to an aromatic ring is 1. The summed E-state index contributed by atoms with van der Waals surface area (Å²) in [6, 6.07) is 3.56. The van der Waals surface area contributed by atoms with Crippen LogP contribution in [0, 0.1) is 17.2 Å². The molecule has 0 radical (unpaired) electrons. The van der Waals surface area contributed by atoms with E-state index >= 15 is 0 Å². The minimum atomic E-state index is -3.58. The molecule has 0 aromatic heterocycles. The normalized spacial score (nSPS) is 21.3. The van der Waals surface area contributed by atoms with Crippen LogP contribution in [0.25, 0.3) is 0 Å². The van der Waals surface area contributed by atoms with Gasteiger partial charge in [-0.05, 0) is 36.0 Å². The van der Waals surface area contributed by atoms with Crippen molar-refractivity contribution in [3.8, 4) is 0 Å². The molecule has 6 heteroatoms. The maximum absolute atomic E-state index is 13.1. The third-order valence-electron chi connectivity index (χ3n) is 3.98. The van der Waals surface area contributed by atoms with Gasteiger partial charge in [0, 0.05) is 13.1 Å². The molecule has 1 aliphatic heterocycles. The Labute approximate surface area is 119 Å². The number of hydrogen-bond donors (Lipinski definition) is 1. The van der Waals surface area contributed by atoms with E-state index in [-0.39, 0.29) is 16.0 Å². The second-order valence-corrected chi connectivity index (χ2v) is 8.34. The molecule has 2 N–H and O–H groups in total. The van der Waals surface area contributed by atoms with Gasteiger partial charge in [0.25, 0.3) is 0 Å². The van der Waals surface area contributed by atoms with Crippen molar-refractivity contribution >= 4 is 15.7 Å². The number of rotatable bonds is 2. The van der Waals surface area contributed by atoms with Crippen LogP contribution in [0.1, 0.15) is 27.2 Å². The highest BCUT2D eigenvalue weighted by Crippen LogP contribution is 2.36. The fourth-order valence-electron chi connectivity index (χ4n) is 2.48. The number of nitrogens with two attached hydrogens (primary N) is 1. The van der Waals surface area contributed by atoms with E-state index in [1.165, 1.54) is 16.4 Å². The van der Waals surface area contributed by atoms with Crippen LogP contribution in [0.15, 0.2) is 23.1 Å². The Balaban J connectivity index is 2.26. The molecule has 1 atom stereocenters. The van der Waals surface area contributed by atoms with Crippen molar-refractivity contribution in [2.45, 2.75) is 32.1 Å². The highest BCUT2D eigenvalue weighted by molar-refractivity contribution is 7.89. The van der Waals surface area contributed by atoms with E-state index in [1.807, 2.05) is 0 Å². The standard InChI is InChI=1S/C14H21FN2O2S/c1-14(2,3)10-6-7-17(9-10)20(18,19)11-4-5-12(15)13(16)8-11/h4-5,8,10H,6-7,9,16H2,1-3H3. The summed E-state index contributed by atoms with van der Waals surface area (Å²) in [5.41, 5.74) is 5.39. The van der Waals surface area contributed by atoms with Crippen molar-refractivity contribution in [2.24, 2.45) is 11.3 Å². The molecule has 1 aromatic rings. The topological polar surface area (TPSA) is 63.4 Å². The monoisotopic (exact) mass is 300 g/mol. The minimum absolute atomic E-state index is 0.0611. The van der Waals surface area contributed by atoms with Gasteiger partial charge in [-0.2, -0.15) is 4.31 Å². The molecule has 1 aliphatic rings. The Hall–Kier alpha value is -1.14. The van der Waals surface area contributed by atoms with E-state index in [1.54, 1.807) is 0 Å². The Kier molecular flexibility index (Phi) is 3.81. The number of nitrogens with zero attached hydrogens (tertiary/aromatic N) is 1. The van der Waals surface area contributed by atoms with Crippen LogP contribution in [-0.2, 0) is 10.0 Å². The number of halogens is 1. The molecular weight excluding hydrogens is 279 g/mol. The van der Waals surface area contributed by atoms with Crippen molar-refractivity contribution in [3.05, 3.63) is 24.0 Å². The second kappa shape index (κ2) is 5.00. The highest BCUT2D eigenvalue weighted by Gasteiger charge is 2.37. The van der Waals surface area contributed by atoms with Crippen molar-refractivity contribution in [2.75, 3.05) is 18.8 Å². The van der Waals surface area contributed by atoms with E-state index in [0.29, 0.717) is 19.0 Å². The third-order valence-corrected chi connectivity index (χ3v) is 5.84. The predicted molar refractivity (Wildman–Crippen MR) is 77.1 cm³/mol. The first-order chi connectivity index (χ1) is 9.12. The maximum Gasteiger partial charge on any atom is 0.243 e. The fourth-order valence-corrected chi connectivity index (χ4v) is 4.02. The highest BCUT2D eigenvalue weighted by atomic mass is 32.2. The van der Waals surface area contributed by atoms with Gasteiger partial charge in [-0.3, -0.25) is 0 Å².